The Morgan fingerprint density at radius 3 is 2.43 bits per heavy atom. The summed E-state index contributed by atoms with van der Waals surface area (Å²) >= 11 is 0. The lowest BCUT2D eigenvalue weighted by atomic mass is 10.1. The number of ether oxygens (including phenoxy) is 2. The number of phenolic OH excluding ortho intramolecular Hbond substituents is 3. The van der Waals surface area contributed by atoms with Crippen molar-refractivity contribution in [2.24, 2.45) is 0 Å². The Kier molecular flexibility index (Phi) is 5.00. The van der Waals surface area contributed by atoms with Gasteiger partial charge in [0.2, 0.25) is 6.29 Å². The molecule has 0 spiro atoms. The molecule has 4 atom stereocenters. The molecule has 1 fully saturated rings. The van der Waals surface area contributed by atoms with E-state index in [-0.39, 0.29) is 40.6 Å². The fourth-order valence-corrected chi connectivity index (χ4v) is 3.17. The van der Waals surface area contributed by atoms with Gasteiger partial charge in [0, 0.05) is 23.8 Å². The van der Waals surface area contributed by atoms with Gasteiger partial charge < -0.3 is 44.5 Å². The summed E-state index contributed by atoms with van der Waals surface area (Å²) < 4.78 is 16.1. The van der Waals surface area contributed by atoms with Crippen LogP contribution in [-0.4, -0.2) is 61.8 Å². The molecule has 1 aliphatic heterocycles. The van der Waals surface area contributed by atoms with Crippen molar-refractivity contribution in [3.63, 3.8) is 0 Å². The number of aromatic hydroxyl groups is 3. The molecule has 0 unspecified atom stereocenters. The van der Waals surface area contributed by atoms with Crippen molar-refractivity contribution in [3.8, 4) is 34.3 Å². The smallest absolute Gasteiger partial charge is 0.229 e. The Morgan fingerprint density at radius 2 is 1.70 bits per heavy atom. The van der Waals surface area contributed by atoms with E-state index in [2.05, 4.69) is 0 Å². The normalized spacial score (nSPS) is 24.1. The molecule has 1 saturated heterocycles. The van der Waals surface area contributed by atoms with Gasteiger partial charge in [0.15, 0.2) is 16.9 Å². The van der Waals surface area contributed by atoms with Gasteiger partial charge in [-0.05, 0) is 18.2 Å². The number of aliphatic hydroxyl groups excluding tert-OH is 3. The molecule has 3 aromatic rings. The lowest BCUT2D eigenvalue weighted by Gasteiger charge is -2.35. The summed E-state index contributed by atoms with van der Waals surface area (Å²) in [6, 6.07) is 7.36. The Bertz CT molecular complexity index is 1150. The molecule has 158 valence electrons. The number of benzene rings is 2. The van der Waals surface area contributed by atoms with Gasteiger partial charge in [-0.3, -0.25) is 4.79 Å². The van der Waals surface area contributed by atoms with E-state index in [1.54, 1.807) is 0 Å². The maximum absolute atomic E-state index is 12.3. The molecule has 0 saturated carbocycles. The molecule has 10 heteroatoms. The molecule has 2 aromatic carbocycles. The second-order valence-corrected chi connectivity index (χ2v) is 6.86. The zero-order valence-electron chi connectivity index (χ0n) is 15.3. The number of hydrogen-bond acceptors (Lipinski definition) is 10. The average Bonchev–Trinajstić information content (AvgIpc) is 2.68. The van der Waals surface area contributed by atoms with E-state index in [9.17, 15) is 35.4 Å². The molecule has 0 radical (unpaired) electrons. The SMILES string of the molecule is O=c1cc(-c2ccc(O[C@H]3OC[C@@H](O)[C@H](O)[C@H]3O)c(O)c2)oc2cc(O)cc(O)c12. The van der Waals surface area contributed by atoms with Crippen molar-refractivity contribution in [2.45, 2.75) is 24.6 Å². The minimum atomic E-state index is -1.54. The average molecular weight is 418 g/mol. The van der Waals surface area contributed by atoms with Crippen LogP contribution in [0.4, 0.5) is 0 Å². The molecule has 1 aromatic heterocycles. The summed E-state index contributed by atoms with van der Waals surface area (Å²) in [4.78, 5) is 12.3. The van der Waals surface area contributed by atoms with E-state index in [1.165, 1.54) is 24.3 Å². The Labute approximate surface area is 168 Å². The van der Waals surface area contributed by atoms with E-state index in [0.717, 1.165) is 12.1 Å². The van der Waals surface area contributed by atoms with Crippen LogP contribution in [0.3, 0.4) is 0 Å². The molecule has 6 N–H and O–H groups in total. The monoisotopic (exact) mass is 418 g/mol. The lowest BCUT2D eigenvalue weighted by Crippen LogP contribution is -2.54. The largest absolute Gasteiger partial charge is 0.508 e. The highest BCUT2D eigenvalue weighted by Crippen LogP contribution is 2.35. The van der Waals surface area contributed by atoms with Crippen molar-refractivity contribution in [3.05, 3.63) is 46.6 Å². The van der Waals surface area contributed by atoms with E-state index in [1.807, 2.05) is 0 Å². The second-order valence-electron chi connectivity index (χ2n) is 6.86. The topological polar surface area (TPSA) is 170 Å². The van der Waals surface area contributed by atoms with Crippen LogP contribution in [0.1, 0.15) is 0 Å². The lowest BCUT2D eigenvalue weighted by molar-refractivity contribution is -0.242. The minimum absolute atomic E-state index is 0.0407. The highest BCUT2D eigenvalue weighted by atomic mass is 16.7. The third kappa shape index (κ3) is 3.53. The first-order chi connectivity index (χ1) is 14.2. The zero-order chi connectivity index (χ0) is 21.6. The third-order valence-electron chi connectivity index (χ3n) is 4.74. The molecular weight excluding hydrogens is 400 g/mol. The minimum Gasteiger partial charge on any atom is -0.508 e. The third-order valence-corrected chi connectivity index (χ3v) is 4.74. The van der Waals surface area contributed by atoms with Gasteiger partial charge in [-0.1, -0.05) is 0 Å². The fraction of sp³-hybridized carbons (Fsp3) is 0.250. The number of phenols is 3. The summed E-state index contributed by atoms with van der Waals surface area (Å²) in [5.74, 6) is -1.09. The first-order valence-electron chi connectivity index (χ1n) is 8.90. The van der Waals surface area contributed by atoms with Crippen LogP contribution in [0, 0.1) is 0 Å². The quantitative estimate of drug-likeness (QED) is 0.350. The van der Waals surface area contributed by atoms with Gasteiger partial charge in [0.1, 0.15) is 46.5 Å². The van der Waals surface area contributed by atoms with Gasteiger partial charge in [-0.2, -0.15) is 0 Å². The summed E-state index contributed by atoms with van der Waals surface area (Å²) in [5.41, 5.74) is -0.293. The van der Waals surface area contributed by atoms with Crippen LogP contribution >= 0.6 is 0 Å². The summed E-state index contributed by atoms with van der Waals surface area (Å²) in [7, 11) is 0. The van der Waals surface area contributed by atoms with Crippen LogP contribution in [-0.2, 0) is 4.74 Å². The summed E-state index contributed by atoms with van der Waals surface area (Å²) in [5, 5.41) is 58.8. The molecule has 10 nitrogen and oxygen atoms in total. The number of hydrogen-bond donors (Lipinski definition) is 6. The molecule has 1 aliphatic rings. The molecule has 0 aliphatic carbocycles. The van der Waals surface area contributed by atoms with Crippen LogP contribution in [0.25, 0.3) is 22.3 Å². The van der Waals surface area contributed by atoms with E-state index < -0.39 is 35.8 Å². The van der Waals surface area contributed by atoms with Crippen molar-refractivity contribution < 1.29 is 44.5 Å². The molecule has 2 heterocycles. The molecule has 0 bridgehead atoms. The van der Waals surface area contributed by atoms with Gasteiger partial charge in [0.05, 0.1) is 6.61 Å². The van der Waals surface area contributed by atoms with E-state index in [0.29, 0.717) is 5.56 Å². The van der Waals surface area contributed by atoms with Gasteiger partial charge >= 0.3 is 0 Å². The Hall–Kier alpha value is -3.31. The zero-order valence-corrected chi connectivity index (χ0v) is 15.3. The maximum atomic E-state index is 12.3. The maximum Gasteiger partial charge on any atom is 0.229 e. The van der Waals surface area contributed by atoms with Crippen LogP contribution in [0.5, 0.6) is 23.0 Å². The number of fused-ring (bicyclic) bond motifs is 1. The van der Waals surface area contributed by atoms with Crippen molar-refractivity contribution >= 4 is 11.0 Å². The summed E-state index contributed by atoms with van der Waals surface area (Å²) in [6.45, 7) is -0.260. The van der Waals surface area contributed by atoms with Gasteiger partial charge in [-0.25, -0.2) is 0 Å². The van der Waals surface area contributed by atoms with Crippen LogP contribution < -0.4 is 10.2 Å². The molecular formula is C20H18O10. The first kappa shape index (κ1) is 20.0. The van der Waals surface area contributed by atoms with Crippen LogP contribution in [0.15, 0.2) is 45.6 Å². The second kappa shape index (κ2) is 7.50. The predicted octanol–water partition coefficient (Wildman–Crippen LogP) is 0.395. The van der Waals surface area contributed by atoms with Crippen molar-refractivity contribution in [2.75, 3.05) is 6.61 Å². The number of rotatable bonds is 3. The van der Waals surface area contributed by atoms with Crippen molar-refractivity contribution in [1.82, 2.24) is 0 Å². The Balaban J connectivity index is 1.64. The standard InChI is InChI=1S/C20H18O10/c21-9-4-11(23)17-12(24)6-15(29-16(17)5-9)8-1-2-14(10(22)3-8)30-20-19(27)18(26)13(25)7-28-20/h1-6,13,18-23,25-27H,7H2/t13-,18+,19-,20-/m1/s1. The van der Waals surface area contributed by atoms with E-state index in [4.69, 9.17) is 13.9 Å². The molecule has 30 heavy (non-hydrogen) atoms. The molecule has 0 amide bonds. The summed E-state index contributed by atoms with van der Waals surface area (Å²) in [6.07, 6.45) is -5.58. The number of aliphatic hydroxyl groups is 3. The highest BCUT2D eigenvalue weighted by Gasteiger charge is 2.39. The highest BCUT2D eigenvalue weighted by molar-refractivity contribution is 5.86. The molecule has 4 rings (SSSR count). The Morgan fingerprint density at radius 1 is 0.933 bits per heavy atom. The van der Waals surface area contributed by atoms with Gasteiger partial charge in [-0.15, -0.1) is 0 Å². The fourth-order valence-electron chi connectivity index (χ4n) is 3.17. The van der Waals surface area contributed by atoms with E-state index >= 15 is 0 Å². The predicted molar refractivity (Wildman–Crippen MR) is 101 cm³/mol. The van der Waals surface area contributed by atoms with Crippen molar-refractivity contribution in [1.29, 1.82) is 0 Å². The van der Waals surface area contributed by atoms with Gasteiger partial charge in [0.25, 0.3) is 0 Å². The van der Waals surface area contributed by atoms with Crippen LogP contribution in [0.2, 0.25) is 0 Å². The first-order valence-corrected chi connectivity index (χ1v) is 8.90.